The number of aliphatic hydroxyl groups is 1. The van der Waals surface area contributed by atoms with Gasteiger partial charge in [-0.1, -0.05) is 0 Å². The maximum absolute atomic E-state index is 11.7. The van der Waals surface area contributed by atoms with Crippen LogP contribution in [0.5, 0.6) is 11.5 Å². The van der Waals surface area contributed by atoms with Gasteiger partial charge in [0.05, 0.1) is 13.2 Å². The van der Waals surface area contributed by atoms with Crippen molar-refractivity contribution in [2.24, 2.45) is 0 Å². The lowest BCUT2D eigenvalue weighted by molar-refractivity contribution is -0.0133. The summed E-state index contributed by atoms with van der Waals surface area (Å²) in [7, 11) is 1.49. The van der Waals surface area contributed by atoms with Gasteiger partial charge in [-0.15, -0.1) is 0 Å². The minimum absolute atomic E-state index is 0.0806. The highest BCUT2D eigenvalue weighted by atomic mass is 16.7. The highest BCUT2D eigenvalue weighted by Crippen LogP contribution is 2.34. The lowest BCUT2D eigenvalue weighted by Crippen LogP contribution is -2.45. The Kier molecular flexibility index (Phi) is 4.31. The van der Waals surface area contributed by atoms with Crippen molar-refractivity contribution in [1.82, 2.24) is 5.32 Å². The first-order valence-corrected chi connectivity index (χ1v) is 6.16. The Morgan fingerprint density at radius 3 is 2.95 bits per heavy atom. The molecule has 0 saturated heterocycles. The number of nitrogens with one attached hydrogen (secondary N) is 2. The molecular weight excluding hydrogens is 264 g/mol. The summed E-state index contributed by atoms with van der Waals surface area (Å²) in [6, 6.07) is 4.69. The number of methoxy groups -OCH3 is 1. The van der Waals surface area contributed by atoms with Crippen LogP contribution in [0, 0.1) is 0 Å². The second-order valence-corrected chi connectivity index (χ2v) is 4.81. The zero-order valence-corrected chi connectivity index (χ0v) is 11.4. The molecule has 1 aromatic rings. The number of hydrogen-bond donors (Lipinski definition) is 3. The van der Waals surface area contributed by atoms with Gasteiger partial charge in [-0.3, -0.25) is 0 Å². The SMILES string of the molecule is COC[C@@](C)(O)CNC(=O)Nc1ccc2c(c1)OCO2. The monoisotopic (exact) mass is 282 g/mol. The van der Waals surface area contributed by atoms with Crippen LogP contribution in [0.4, 0.5) is 10.5 Å². The number of carbonyl (C=O) groups excluding carboxylic acids is 1. The van der Waals surface area contributed by atoms with Crippen LogP contribution in [0.25, 0.3) is 0 Å². The minimum Gasteiger partial charge on any atom is -0.454 e. The first-order chi connectivity index (χ1) is 9.50. The van der Waals surface area contributed by atoms with Gasteiger partial charge in [0.25, 0.3) is 0 Å². The van der Waals surface area contributed by atoms with Crippen molar-refractivity contribution in [3.8, 4) is 11.5 Å². The van der Waals surface area contributed by atoms with E-state index in [0.717, 1.165) is 0 Å². The lowest BCUT2D eigenvalue weighted by atomic mass is 10.1. The summed E-state index contributed by atoms with van der Waals surface area (Å²) in [6.45, 7) is 1.98. The molecule has 0 aromatic heterocycles. The fourth-order valence-corrected chi connectivity index (χ4v) is 1.78. The molecule has 0 aliphatic carbocycles. The molecule has 1 heterocycles. The quantitative estimate of drug-likeness (QED) is 0.747. The maximum Gasteiger partial charge on any atom is 0.319 e. The Morgan fingerprint density at radius 2 is 2.20 bits per heavy atom. The first kappa shape index (κ1) is 14.4. The molecule has 0 fully saturated rings. The van der Waals surface area contributed by atoms with Gasteiger partial charge >= 0.3 is 6.03 Å². The van der Waals surface area contributed by atoms with Crippen molar-refractivity contribution < 1.29 is 24.1 Å². The highest BCUT2D eigenvalue weighted by molar-refractivity contribution is 5.89. The molecule has 1 atom stereocenters. The second-order valence-electron chi connectivity index (χ2n) is 4.81. The van der Waals surface area contributed by atoms with Gasteiger partial charge in [0.15, 0.2) is 11.5 Å². The van der Waals surface area contributed by atoms with E-state index in [1.165, 1.54) is 7.11 Å². The molecule has 1 aliphatic rings. The molecule has 0 saturated carbocycles. The van der Waals surface area contributed by atoms with Gasteiger partial charge < -0.3 is 30.0 Å². The molecule has 110 valence electrons. The van der Waals surface area contributed by atoms with Crippen molar-refractivity contribution in [2.75, 3.05) is 32.4 Å². The van der Waals surface area contributed by atoms with Gasteiger partial charge in [0, 0.05) is 18.9 Å². The molecule has 7 heteroatoms. The van der Waals surface area contributed by atoms with Crippen LogP contribution in [0.3, 0.4) is 0 Å². The third-order valence-corrected chi connectivity index (χ3v) is 2.72. The van der Waals surface area contributed by atoms with Gasteiger partial charge in [-0.25, -0.2) is 4.79 Å². The van der Waals surface area contributed by atoms with Crippen molar-refractivity contribution >= 4 is 11.7 Å². The number of amides is 2. The summed E-state index contributed by atoms with van der Waals surface area (Å²) in [5.74, 6) is 1.24. The second kappa shape index (κ2) is 5.98. The van der Waals surface area contributed by atoms with Crippen LogP contribution in [0.1, 0.15) is 6.92 Å². The predicted octanol–water partition coefficient (Wildman–Crippen LogP) is 0.934. The Balaban J connectivity index is 1.85. The van der Waals surface area contributed by atoms with E-state index in [0.29, 0.717) is 17.2 Å². The fourth-order valence-electron chi connectivity index (χ4n) is 1.78. The Bertz CT molecular complexity index is 490. The van der Waals surface area contributed by atoms with E-state index < -0.39 is 11.6 Å². The lowest BCUT2D eigenvalue weighted by Gasteiger charge is -2.22. The van der Waals surface area contributed by atoms with Crippen LogP contribution in [0.2, 0.25) is 0 Å². The molecule has 1 aromatic carbocycles. The van der Waals surface area contributed by atoms with Gasteiger partial charge in [0.2, 0.25) is 6.79 Å². The number of urea groups is 1. The van der Waals surface area contributed by atoms with Gasteiger partial charge in [0.1, 0.15) is 5.60 Å². The number of benzene rings is 1. The molecule has 2 rings (SSSR count). The predicted molar refractivity (Wildman–Crippen MR) is 72.1 cm³/mol. The number of carbonyl (C=O) groups is 1. The van der Waals surface area contributed by atoms with E-state index in [2.05, 4.69) is 10.6 Å². The molecule has 0 bridgehead atoms. The Morgan fingerprint density at radius 1 is 1.45 bits per heavy atom. The van der Waals surface area contributed by atoms with Crippen molar-refractivity contribution in [1.29, 1.82) is 0 Å². The molecular formula is C13H18N2O5. The number of hydrogen-bond acceptors (Lipinski definition) is 5. The topological polar surface area (TPSA) is 89.1 Å². The van der Waals surface area contributed by atoms with Crippen LogP contribution >= 0.6 is 0 Å². The molecule has 20 heavy (non-hydrogen) atoms. The average Bonchev–Trinajstić information content (AvgIpc) is 2.84. The summed E-state index contributed by atoms with van der Waals surface area (Å²) in [6.07, 6.45) is 0. The summed E-state index contributed by atoms with van der Waals surface area (Å²) in [4.78, 5) is 11.7. The largest absolute Gasteiger partial charge is 0.454 e. The summed E-state index contributed by atoms with van der Waals surface area (Å²) in [5.41, 5.74) is -0.529. The first-order valence-electron chi connectivity index (χ1n) is 6.16. The van der Waals surface area contributed by atoms with E-state index in [1.807, 2.05) is 0 Å². The van der Waals surface area contributed by atoms with E-state index in [9.17, 15) is 9.90 Å². The van der Waals surface area contributed by atoms with Gasteiger partial charge in [-0.2, -0.15) is 0 Å². The standard InChI is InChI=1S/C13H18N2O5/c1-13(17,7-18-2)6-14-12(16)15-9-3-4-10-11(5-9)20-8-19-10/h3-5,17H,6-8H2,1-2H3,(H2,14,15,16)/t13-/m0/s1. The zero-order valence-electron chi connectivity index (χ0n) is 11.4. The number of ether oxygens (including phenoxy) is 3. The molecule has 3 N–H and O–H groups in total. The molecule has 0 unspecified atom stereocenters. The zero-order chi connectivity index (χ0) is 14.6. The molecule has 0 spiro atoms. The number of fused-ring (bicyclic) bond motifs is 1. The van der Waals surface area contributed by atoms with E-state index in [4.69, 9.17) is 14.2 Å². The van der Waals surface area contributed by atoms with Crippen molar-refractivity contribution in [2.45, 2.75) is 12.5 Å². The summed E-state index contributed by atoms with van der Waals surface area (Å²) in [5, 5.41) is 15.1. The van der Waals surface area contributed by atoms with Crippen LogP contribution in [0.15, 0.2) is 18.2 Å². The van der Waals surface area contributed by atoms with Gasteiger partial charge in [-0.05, 0) is 19.1 Å². The number of rotatable bonds is 5. The fraction of sp³-hybridized carbons (Fsp3) is 0.462. The average molecular weight is 282 g/mol. The summed E-state index contributed by atoms with van der Waals surface area (Å²) < 4.78 is 15.3. The van der Waals surface area contributed by atoms with Crippen molar-refractivity contribution in [3.63, 3.8) is 0 Å². The normalized spacial score (nSPS) is 15.6. The maximum atomic E-state index is 11.7. The molecule has 7 nitrogen and oxygen atoms in total. The smallest absolute Gasteiger partial charge is 0.319 e. The number of anilines is 1. The van der Waals surface area contributed by atoms with Crippen LogP contribution < -0.4 is 20.1 Å². The summed E-state index contributed by atoms with van der Waals surface area (Å²) >= 11 is 0. The van der Waals surface area contributed by atoms with Crippen LogP contribution in [-0.4, -0.2) is 43.8 Å². The van der Waals surface area contributed by atoms with E-state index in [1.54, 1.807) is 25.1 Å². The minimum atomic E-state index is -1.11. The highest BCUT2D eigenvalue weighted by Gasteiger charge is 2.21. The van der Waals surface area contributed by atoms with Crippen LogP contribution in [-0.2, 0) is 4.74 Å². The molecule has 1 aliphatic heterocycles. The van der Waals surface area contributed by atoms with Crippen molar-refractivity contribution in [3.05, 3.63) is 18.2 Å². The molecule has 0 radical (unpaired) electrons. The third-order valence-electron chi connectivity index (χ3n) is 2.72. The Hall–Kier alpha value is -1.99. The van der Waals surface area contributed by atoms with E-state index in [-0.39, 0.29) is 19.9 Å². The Labute approximate surface area is 116 Å². The third kappa shape index (κ3) is 3.75. The molecule has 2 amide bonds. The van der Waals surface area contributed by atoms with E-state index >= 15 is 0 Å².